The summed E-state index contributed by atoms with van der Waals surface area (Å²) in [6.45, 7) is 3.80. The van der Waals surface area contributed by atoms with Crippen LogP contribution in [0.15, 0.2) is 36.9 Å². The third-order valence-corrected chi connectivity index (χ3v) is 4.40. The van der Waals surface area contributed by atoms with Crippen molar-refractivity contribution < 1.29 is 9.47 Å². The molecule has 0 radical (unpaired) electrons. The van der Waals surface area contributed by atoms with Crippen LogP contribution < -0.4 is 4.90 Å². The van der Waals surface area contributed by atoms with E-state index in [0.717, 1.165) is 61.1 Å². The summed E-state index contributed by atoms with van der Waals surface area (Å²) in [5, 5.41) is 0. The summed E-state index contributed by atoms with van der Waals surface area (Å²) in [4.78, 5) is 15.9. The van der Waals surface area contributed by atoms with Gasteiger partial charge in [-0.3, -0.25) is 9.38 Å². The lowest BCUT2D eigenvalue weighted by molar-refractivity contribution is 0.122. The Bertz CT molecular complexity index is 840. The molecule has 7 heteroatoms. The number of ether oxygens (including phenoxy) is 2. The molecule has 3 aromatic rings. The van der Waals surface area contributed by atoms with Gasteiger partial charge in [-0.2, -0.15) is 0 Å². The zero-order valence-electron chi connectivity index (χ0n) is 14.3. The van der Waals surface area contributed by atoms with E-state index < -0.39 is 0 Å². The van der Waals surface area contributed by atoms with Gasteiger partial charge < -0.3 is 14.4 Å². The van der Waals surface area contributed by atoms with Crippen molar-refractivity contribution in [2.45, 2.75) is 6.42 Å². The molecule has 0 N–H and O–H groups in total. The van der Waals surface area contributed by atoms with Gasteiger partial charge in [0, 0.05) is 56.5 Å². The summed E-state index contributed by atoms with van der Waals surface area (Å²) in [5.74, 6) is 0.904. The highest BCUT2D eigenvalue weighted by Gasteiger charge is 2.18. The molecule has 4 heterocycles. The fourth-order valence-electron chi connectivity index (χ4n) is 3.05. The first-order valence-electron chi connectivity index (χ1n) is 8.46. The van der Waals surface area contributed by atoms with Gasteiger partial charge in [-0.15, -0.1) is 0 Å². The summed E-state index contributed by atoms with van der Waals surface area (Å²) in [6, 6.07) is 4.12. The Morgan fingerprint density at radius 1 is 1.12 bits per heavy atom. The molecule has 3 aromatic heterocycles. The van der Waals surface area contributed by atoms with E-state index in [9.17, 15) is 0 Å². The molecule has 0 saturated carbocycles. The van der Waals surface area contributed by atoms with E-state index in [4.69, 9.17) is 9.47 Å². The van der Waals surface area contributed by atoms with E-state index in [1.807, 2.05) is 30.9 Å². The number of hydrogen-bond acceptors (Lipinski definition) is 6. The molecular formula is C18H21N5O2. The SMILES string of the molecule is COCCc1ccc(-c2cnc3c(N4CCOCC4)nccn23)cn1. The first-order chi connectivity index (χ1) is 12.4. The van der Waals surface area contributed by atoms with Crippen LogP contribution in [0.5, 0.6) is 0 Å². The van der Waals surface area contributed by atoms with Crippen LogP contribution in [0.2, 0.25) is 0 Å². The molecule has 0 unspecified atom stereocenters. The monoisotopic (exact) mass is 339 g/mol. The Kier molecular flexibility index (Phi) is 4.58. The zero-order chi connectivity index (χ0) is 17.1. The summed E-state index contributed by atoms with van der Waals surface area (Å²) in [5.41, 5.74) is 3.93. The number of pyridine rings is 1. The van der Waals surface area contributed by atoms with Crippen molar-refractivity contribution in [2.24, 2.45) is 0 Å². The quantitative estimate of drug-likeness (QED) is 0.706. The highest BCUT2D eigenvalue weighted by atomic mass is 16.5. The van der Waals surface area contributed by atoms with Crippen molar-refractivity contribution in [1.82, 2.24) is 19.4 Å². The summed E-state index contributed by atoms with van der Waals surface area (Å²) >= 11 is 0. The van der Waals surface area contributed by atoms with Gasteiger partial charge in [0.05, 0.1) is 31.7 Å². The standard InChI is InChI=1S/C18H21N5O2/c1-24-9-4-15-3-2-14(12-20-15)16-13-21-18-17(19-5-6-23(16)18)22-7-10-25-11-8-22/h2-3,5-6,12-13H,4,7-11H2,1H3. The first-order valence-corrected chi connectivity index (χ1v) is 8.46. The van der Waals surface area contributed by atoms with Gasteiger partial charge in [0.25, 0.3) is 0 Å². The largest absolute Gasteiger partial charge is 0.384 e. The zero-order valence-corrected chi connectivity index (χ0v) is 14.3. The van der Waals surface area contributed by atoms with Crippen LogP contribution in [0.4, 0.5) is 5.82 Å². The normalized spacial score (nSPS) is 15.0. The minimum absolute atomic E-state index is 0.677. The van der Waals surface area contributed by atoms with Crippen LogP contribution in [0, 0.1) is 0 Å². The van der Waals surface area contributed by atoms with Gasteiger partial charge in [0.1, 0.15) is 0 Å². The summed E-state index contributed by atoms with van der Waals surface area (Å²) in [7, 11) is 1.70. The number of methoxy groups -OCH3 is 1. The molecule has 1 saturated heterocycles. The third kappa shape index (κ3) is 3.20. The Balaban J connectivity index is 1.66. The van der Waals surface area contributed by atoms with E-state index in [2.05, 4.69) is 30.3 Å². The average molecular weight is 339 g/mol. The summed E-state index contributed by atoms with van der Waals surface area (Å²) in [6.07, 6.45) is 8.36. The second-order valence-corrected chi connectivity index (χ2v) is 5.97. The number of morpholine rings is 1. The second-order valence-electron chi connectivity index (χ2n) is 5.97. The van der Waals surface area contributed by atoms with Crippen LogP contribution in [-0.4, -0.2) is 59.4 Å². The molecule has 1 aliphatic heterocycles. The molecule has 7 nitrogen and oxygen atoms in total. The molecule has 4 rings (SSSR count). The van der Waals surface area contributed by atoms with Gasteiger partial charge in [0.2, 0.25) is 0 Å². The highest BCUT2D eigenvalue weighted by Crippen LogP contribution is 2.25. The smallest absolute Gasteiger partial charge is 0.180 e. The lowest BCUT2D eigenvalue weighted by Gasteiger charge is -2.27. The highest BCUT2D eigenvalue weighted by molar-refractivity contribution is 5.71. The fourth-order valence-corrected chi connectivity index (χ4v) is 3.05. The van der Waals surface area contributed by atoms with E-state index in [1.165, 1.54) is 0 Å². The van der Waals surface area contributed by atoms with Crippen LogP contribution in [0.1, 0.15) is 5.69 Å². The number of fused-ring (bicyclic) bond motifs is 1. The van der Waals surface area contributed by atoms with E-state index >= 15 is 0 Å². The minimum Gasteiger partial charge on any atom is -0.384 e. The van der Waals surface area contributed by atoms with Crippen LogP contribution in [0.3, 0.4) is 0 Å². The van der Waals surface area contributed by atoms with Crippen molar-refractivity contribution in [3.8, 4) is 11.3 Å². The molecule has 1 fully saturated rings. The lowest BCUT2D eigenvalue weighted by Crippen LogP contribution is -2.37. The van der Waals surface area contributed by atoms with E-state index in [0.29, 0.717) is 6.61 Å². The van der Waals surface area contributed by atoms with E-state index in [1.54, 1.807) is 7.11 Å². The molecule has 25 heavy (non-hydrogen) atoms. The molecule has 0 aliphatic carbocycles. The number of rotatable bonds is 5. The molecular weight excluding hydrogens is 318 g/mol. The topological polar surface area (TPSA) is 64.8 Å². The number of anilines is 1. The van der Waals surface area contributed by atoms with Crippen molar-refractivity contribution in [3.05, 3.63) is 42.6 Å². The summed E-state index contributed by atoms with van der Waals surface area (Å²) < 4.78 is 12.6. The van der Waals surface area contributed by atoms with Crippen molar-refractivity contribution in [1.29, 1.82) is 0 Å². The fraction of sp³-hybridized carbons (Fsp3) is 0.389. The first kappa shape index (κ1) is 16.0. The predicted molar refractivity (Wildman–Crippen MR) is 94.8 cm³/mol. The number of nitrogens with zero attached hydrogens (tertiary/aromatic N) is 5. The lowest BCUT2D eigenvalue weighted by atomic mass is 10.2. The van der Waals surface area contributed by atoms with Crippen molar-refractivity contribution in [3.63, 3.8) is 0 Å². The van der Waals surface area contributed by atoms with Crippen LogP contribution in [-0.2, 0) is 15.9 Å². The number of aromatic nitrogens is 4. The minimum atomic E-state index is 0.677. The maximum atomic E-state index is 5.43. The maximum Gasteiger partial charge on any atom is 0.180 e. The predicted octanol–water partition coefficient (Wildman–Crippen LogP) is 1.82. The van der Waals surface area contributed by atoms with Crippen LogP contribution >= 0.6 is 0 Å². The number of hydrogen-bond donors (Lipinski definition) is 0. The molecule has 130 valence electrons. The van der Waals surface area contributed by atoms with Crippen molar-refractivity contribution in [2.75, 3.05) is 44.9 Å². The van der Waals surface area contributed by atoms with Gasteiger partial charge in [0.15, 0.2) is 11.5 Å². The average Bonchev–Trinajstić information content (AvgIpc) is 3.11. The molecule has 0 spiro atoms. The molecule has 0 aromatic carbocycles. The molecule has 0 bridgehead atoms. The Hall–Kier alpha value is -2.51. The second kappa shape index (κ2) is 7.16. The Labute approximate surface area is 146 Å². The molecule has 0 atom stereocenters. The maximum absolute atomic E-state index is 5.43. The number of imidazole rings is 1. The van der Waals surface area contributed by atoms with Gasteiger partial charge in [-0.05, 0) is 12.1 Å². The third-order valence-electron chi connectivity index (χ3n) is 4.40. The van der Waals surface area contributed by atoms with Gasteiger partial charge >= 0.3 is 0 Å². The molecule has 0 amide bonds. The van der Waals surface area contributed by atoms with E-state index in [-0.39, 0.29) is 0 Å². The van der Waals surface area contributed by atoms with Crippen molar-refractivity contribution >= 4 is 11.5 Å². The Morgan fingerprint density at radius 2 is 2.00 bits per heavy atom. The Morgan fingerprint density at radius 3 is 2.76 bits per heavy atom. The molecule has 1 aliphatic rings. The van der Waals surface area contributed by atoms with Crippen LogP contribution in [0.25, 0.3) is 16.9 Å². The van der Waals surface area contributed by atoms with Gasteiger partial charge in [-0.1, -0.05) is 0 Å². The van der Waals surface area contributed by atoms with Gasteiger partial charge in [-0.25, -0.2) is 9.97 Å².